The second kappa shape index (κ2) is 6.38. The van der Waals surface area contributed by atoms with Gasteiger partial charge in [0.25, 0.3) is 11.6 Å². The summed E-state index contributed by atoms with van der Waals surface area (Å²) in [6.07, 6.45) is 2.19. The molecule has 0 atom stereocenters. The van der Waals surface area contributed by atoms with Crippen LogP contribution in [0.15, 0.2) is 71.3 Å². The van der Waals surface area contributed by atoms with E-state index in [0.29, 0.717) is 34.1 Å². The summed E-state index contributed by atoms with van der Waals surface area (Å²) in [6, 6.07) is 16.1. The van der Waals surface area contributed by atoms with Gasteiger partial charge in [-0.2, -0.15) is 0 Å². The maximum absolute atomic E-state index is 12.8. The topological polar surface area (TPSA) is 95.3 Å². The average molecular weight is 360 g/mol. The highest BCUT2D eigenvalue weighted by Crippen LogP contribution is 2.26. The summed E-state index contributed by atoms with van der Waals surface area (Å²) in [5.41, 5.74) is 1.62. The van der Waals surface area contributed by atoms with E-state index in [4.69, 9.17) is 4.42 Å². The van der Waals surface area contributed by atoms with E-state index in [-0.39, 0.29) is 11.4 Å². The Morgan fingerprint density at radius 3 is 2.48 bits per heavy atom. The Morgan fingerprint density at radius 1 is 1.04 bits per heavy atom. The SMILES string of the molecule is O=Cc1cn(C(=O)c2ccc(-c3ccc([N+](=O)[O-])cc3)o2)c2ccccc12. The first-order valence-corrected chi connectivity index (χ1v) is 8.03. The van der Waals surface area contributed by atoms with Gasteiger partial charge in [0.05, 0.1) is 10.4 Å². The number of non-ortho nitro benzene ring substituents is 1. The van der Waals surface area contributed by atoms with Crippen LogP contribution in [-0.4, -0.2) is 21.7 Å². The molecule has 0 amide bonds. The lowest BCUT2D eigenvalue weighted by molar-refractivity contribution is -0.384. The quantitative estimate of drug-likeness (QED) is 0.307. The van der Waals surface area contributed by atoms with Crippen LogP contribution in [0.1, 0.15) is 20.9 Å². The van der Waals surface area contributed by atoms with E-state index < -0.39 is 10.8 Å². The molecule has 0 bridgehead atoms. The highest BCUT2D eigenvalue weighted by Gasteiger charge is 2.18. The monoisotopic (exact) mass is 360 g/mol. The van der Waals surface area contributed by atoms with E-state index in [1.54, 1.807) is 42.5 Å². The van der Waals surface area contributed by atoms with Gasteiger partial charge >= 0.3 is 0 Å². The number of rotatable bonds is 4. The van der Waals surface area contributed by atoms with E-state index in [1.807, 2.05) is 0 Å². The Balaban J connectivity index is 1.70. The number of nitro groups is 1. The Hall–Kier alpha value is -4.00. The molecule has 2 aromatic carbocycles. The molecule has 27 heavy (non-hydrogen) atoms. The number of para-hydroxylation sites is 1. The summed E-state index contributed by atoms with van der Waals surface area (Å²) in [7, 11) is 0. The molecule has 0 spiro atoms. The van der Waals surface area contributed by atoms with Crippen molar-refractivity contribution < 1.29 is 18.9 Å². The van der Waals surface area contributed by atoms with E-state index in [0.717, 1.165) is 0 Å². The zero-order chi connectivity index (χ0) is 19.0. The van der Waals surface area contributed by atoms with Crippen molar-refractivity contribution in [2.75, 3.05) is 0 Å². The number of hydrogen-bond donors (Lipinski definition) is 0. The molecular weight excluding hydrogens is 348 g/mol. The summed E-state index contributed by atoms with van der Waals surface area (Å²) >= 11 is 0. The summed E-state index contributed by atoms with van der Waals surface area (Å²) in [6.45, 7) is 0. The van der Waals surface area contributed by atoms with E-state index in [2.05, 4.69) is 0 Å². The summed E-state index contributed by atoms with van der Waals surface area (Å²) in [5.74, 6) is 0.106. The van der Waals surface area contributed by atoms with Gasteiger partial charge in [-0.3, -0.25) is 24.3 Å². The van der Waals surface area contributed by atoms with Gasteiger partial charge in [0, 0.05) is 34.8 Å². The summed E-state index contributed by atoms with van der Waals surface area (Å²) in [4.78, 5) is 34.4. The molecule has 0 unspecified atom stereocenters. The fraction of sp³-hybridized carbons (Fsp3) is 0. The number of benzene rings is 2. The average Bonchev–Trinajstić information content (AvgIpc) is 3.33. The molecule has 4 aromatic rings. The molecule has 0 saturated carbocycles. The van der Waals surface area contributed by atoms with Crippen LogP contribution in [0, 0.1) is 10.1 Å². The Bertz CT molecular complexity index is 1180. The van der Waals surface area contributed by atoms with Crippen LogP contribution in [0.2, 0.25) is 0 Å². The lowest BCUT2D eigenvalue weighted by Crippen LogP contribution is -2.09. The van der Waals surface area contributed by atoms with Gasteiger partial charge in [0.2, 0.25) is 0 Å². The third kappa shape index (κ3) is 2.81. The van der Waals surface area contributed by atoms with Crippen molar-refractivity contribution >= 4 is 28.8 Å². The number of aldehydes is 1. The standard InChI is InChI=1S/C20H12N2O5/c23-12-14-11-21(17-4-2-1-3-16(14)17)20(24)19-10-9-18(27-19)13-5-7-15(8-6-13)22(25)26/h1-12H. The van der Waals surface area contributed by atoms with Crippen LogP contribution >= 0.6 is 0 Å². The highest BCUT2D eigenvalue weighted by molar-refractivity contribution is 6.06. The van der Waals surface area contributed by atoms with Crippen LogP contribution in [0.4, 0.5) is 5.69 Å². The van der Waals surface area contributed by atoms with Crippen molar-refractivity contribution in [2.45, 2.75) is 0 Å². The maximum Gasteiger partial charge on any atom is 0.298 e. The number of aromatic nitrogens is 1. The minimum absolute atomic E-state index is 0.0261. The molecule has 0 N–H and O–H groups in total. The largest absolute Gasteiger partial charge is 0.451 e. The second-order valence-corrected chi connectivity index (χ2v) is 5.86. The lowest BCUT2D eigenvalue weighted by Gasteiger charge is -2.01. The van der Waals surface area contributed by atoms with Crippen LogP contribution in [0.3, 0.4) is 0 Å². The zero-order valence-corrected chi connectivity index (χ0v) is 13.9. The number of nitro benzene ring substituents is 1. The van der Waals surface area contributed by atoms with E-state index in [9.17, 15) is 19.7 Å². The first kappa shape index (κ1) is 16.5. The fourth-order valence-corrected chi connectivity index (χ4v) is 2.94. The Labute approximate surface area is 152 Å². The maximum atomic E-state index is 12.8. The Morgan fingerprint density at radius 2 is 1.78 bits per heavy atom. The van der Waals surface area contributed by atoms with Crippen LogP contribution in [0.5, 0.6) is 0 Å². The highest BCUT2D eigenvalue weighted by atomic mass is 16.6. The van der Waals surface area contributed by atoms with Crippen molar-refractivity contribution in [3.63, 3.8) is 0 Å². The Kier molecular flexibility index (Phi) is 3.89. The van der Waals surface area contributed by atoms with Crippen LogP contribution in [0.25, 0.3) is 22.2 Å². The fourth-order valence-electron chi connectivity index (χ4n) is 2.94. The van der Waals surface area contributed by atoms with Crippen LogP contribution < -0.4 is 0 Å². The molecule has 4 rings (SSSR count). The minimum atomic E-state index is -0.483. The molecule has 2 heterocycles. The van der Waals surface area contributed by atoms with Gasteiger partial charge in [-0.25, -0.2) is 0 Å². The van der Waals surface area contributed by atoms with Gasteiger partial charge in [-0.1, -0.05) is 18.2 Å². The van der Waals surface area contributed by atoms with E-state index in [1.165, 1.54) is 29.0 Å². The van der Waals surface area contributed by atoms with Gasteiger partial charge < -0.3 is 4.42 Å². The van der Waals surface area contributed by atoms with Crippen LogP contribution in [-0.2, 0) is 0 Å². The number of fused-ring (bicyclic) bond motifs is 1. The van der Waals surface area contributed by atoms with E-state index >= 15 is 0 Å². The van der Waals surface area contributed by atoms with Gasteiger partial charge in [0.15, 0.2) is 12.0 Å². The van der Waals surface area contributed by atoms with Crippen molar-refractivity contribution in [3.8, 4) is 11.3 Å². The summed E-state index contributed by atoms with van der Waals surface area (Å²) in [5, 5.41) is 11.4. The van der Waals surface area contributed by atoms with Gasteiger partial charge in [0.1, 0.15) is 5.76 Å². The zero-order valence-electron chi connectivity index (χ0n) is 13.9. The number of carbonyl (C=O) groups is 2. The molecule has 0 radical (unpaired) electrons. The number of nitrogens with zero attached hydrogens (tertiary/aromatic N) is 2. The molecule has 0 fully saturated rings. The molecule has 0 aliphatic heterocycles. The predicted molar refractivity (Wildman–Crippen MR) is 97.9 cm³/mol. The van der Waals surface area contributed by atoms with Crippen molar-refractivity contribution in [2.24, 2.45) is 0 Å². The van der Waals surface area contributed by atoms with Crippen molar-refractivity contribution in [1.82, 2.24) is 4.57 Å². The molecule has 0 aliphatic rings. The van der Waals surface area contributed by atoms with Crippen molar-refractivity contribution in [1.29, 1.82) is 0 Å². The second-order valence-electron chi connectivity index (χ2n) is 5.86. The number of carbonyl (C=O) groups excluding carboxylic acids is 2. The number of furan rings is 1. The molecule has 0 aliphatic carbocycles. The predicted octanol–water partition coefficient (Wildman–Crippen LogP) is 4.31. The third-order valence-corrected chi connectivity index (χ3v) is 4.27. The first-order chi connectivity index (χ1) is 13.1. The molecule has 7 nitrogen and oxygen atoms in total. The van der Waals surface area contributed by atoms with Gasteiger partial charge in [-0.15, -0.1) is 0 Å². The smallest absolute Gasteiger partial charge is 0.298 e. The minimum Gasteiger partial charge on any atom is -0.451 e. The summed E-state index contributed by atoms with van der Waals surface area (Å²) < 4.78 is 7.02. The molecule has 2 aromatic heterocycles. The van der Waals surface area contributed by atoms with Gasteiger partial charge in [-0.05, 0) is 30.3 Å². The third-order valence-electron chi connectivity index (χ3n) is 4.27. The lowest BCUT2D eigenvalue weighted by atomic mass is 10.1. The first-order valence-electron chi connectivity index (χ1n) is 8.03. The number of hydrogen-bond acceptors (Lipinski definition) is 5. The van der Waals surface area contributed by atoms with Crippen molar-refractivity contribution in [3.05, 3.63) is 88.3 Å². The molecular formula is C20H12N2O5. The molecule has 0 saturated heterocycles. The normalized spacial score (nSPS) is 10.8. The molecule has 7 heteroatoms. The molecule has 132 valence electrons.